The van der Waals surface area contributed by atoms with Crippen LogP contribution in [-0.2, 0) is 9.53 Å². The summed E-state index contributed by atoms with van der Waals surface area (Å²) in [5.41, 5.74) is 0. The maximum atomic E-state index is 10.5. The van der Waals surface area contributed by atoms with Crippen molar-refractivity contribution in [2.24, 2.45) is 5.92 Å². The van der Waals surface area contributed by atoms with Crippen LogP contribution >= 0.6 is 0 Å². The molecule has 0 spiro atoms. The first-order valence-corrected chi connectivity index (χ1v) is 4.65. The molecule has 1 atom stereocenters. The van der Waals surface area contributed by atoms with Crippen LogP contribution in [0, 0.1) is 5.92 Å². The van der Waals surface area contributed by atoms with Crippen molar-refractivity contribution < 1.29 is 14.6 Å². The lowest BCUT2D eigenvalue weighted by Gasteiger charge is -2.30. The van der Waals surface area contributed by atoms with Crippen molar-refractivity contribution in [3.8, 4) is 0 Å². The summed E-state index contributed by atoms with van der Waals surface area (Å²) in [6, 6.07) is 0. The smallest absolute Gasteiger partial charge is 0.317 e. The Hall–Kier alpha value is -0.610. The zero-order chi connectivity index (χ0) is 9.68. The van der Waals surface area contributed by atoms with Crippen LogP contribution in [0.1, 0.15) is 12.8 Å². The van der Waals surface area contributed by atoms with Crippen molar-refractivity contribution in [2.75, 3.05) is 33.4 Å². The molecule has 1 aliphatic rings. The van der Waals surface area contributed by atoms with Crippen LogP contribution in [0.25, 0.3) is 0 Å². The summed E-state index contributed by atoms with van der Waals surface area (Å²) in [7, 11) is 1.69. The highest BCUT2D eigenvalue weighted by atomic mass is 16.5. The topological polar surface area (TPSA) is 49.8 Å². The molecule has 1 fully saturated rings. The van der Waals surface area contributed by atoms with Gasteiger partial charge in [-0.2, -0.15) is 0 Å². The Morgan fingerprint density at radius 2 is 2.46 bits per heavy atom. The molecule has 0 radical (unpaired) electrons. The van der Waals surface area contributed by atoms with Gasteiger partial charge in [-0.15, -0.1) is 0 Å². The van der Waals surface area contributed by atoms with Gasteiger partial charge in [-0.25, -0.2) is 0 Å². The van der Waals surface area contributed by atoms with Gasteiger partial charge in [0.25, 0.3) is 0 Å². The van der Waals surface area contributed by atoms with Crippen molar-refractivity contribution in [1.29, 1.82) is 0 Å². The molecule has 13 heavy (non-hydrogen) atoms. The Morgan fingerprint density at radius 3 is 3.08 bits per heavy atom. The van der Waals surface area contributed by atoms with Crippen molar-refractivity contribution in [3.63, 3.8) is 0 Å². The quantitative estimate of drug-likeness (QED) is 0.693. The summed E-state index contributed by atoms with van der Waals surface area (Å²) in [4.78, 5) is 12.4. The maximum Gasteiger partial charge on any atom is 0.317 e. The fraction of sp³-hybridized carbons (Fsp3) is 0.889. The molecule has 1 aliphatic heterocycles. The maximum absolute atomic E-state index is 10.5. The number of likely N-dealkylation sites (tertiary alicyclic amines) is 1. The predicted molar refractivity (Wildman–Crippen MR) is 48.7 cm³/mol. The van der Waals surface area contributed by atoms with Crippen LogP contribution in [0.3, 0.4) is 0 Å². The van der Waals surface area contributed by atoms with E-state index >= 15 is 0 Å². The van der Waals surface area contributed by atoms with E-state index in [1.807, 2.05) is 4.90 Å². The predicted octanol–water partition coefficient (Wildman–Crippen LogP) is 0.429. The van der Waals surface area contributed by atoms with Crippen molar-refractivity contribution in [3.05, 3.63) is 0 Å². The lowest BCUT2D eigenvalue weighted by molar-refractivity contribution is -0.138. The number of carbonyl (C=O) groups is 1. The Balaban J connectivity index is 2.28. The van der Waals surface area contributed by atoms with E-state index in [1.54, 1.807) is 7.11 Å². The number of rotatable bonds is 4. The van der Waals surface area contributed by atoms with Gasteiger partial charge >= 0.3 is 5.97 Å². The summed E-state index contributed by atoms with van der Waals surface area (Å²) in [5.74, 6) is -0.226. The lowest BCUT2D eigenvalue weighted by Crippen LogP contribution is -2.40. The summed E-state index contributed by atoms with van der Waals surface area (Å²) >= 11 is 0. The fourth-order valence-electron chi connectivity index (χ4n) is 1.86. The lowest BCUT2D eigenvalue weighted by atomic mass is 9.99. The van der Waals surface area contributed by atoms with E-state index in [9.17, 15) is 4.79 Å². The van der Waals surface area contributed by atoms with E-state index in [-0.39, 0.29) is 6.54 Å². The van der Waals surface area contributed by atoms with Crippen LogP contribution in [0.2, 0.25) is 0 Å². The first kappa shape index (κ1) is 10.5. The van der Waals surface area contributed by atoms with Gasteiger partial charge in [-0.05, 0) is 25.3 Å². The number of methoxy groups -OCH3 is 1. The first-order chi connectivity index (χ1) is 6.22. The van der Waals surface area contributed by atoms with Crippen LogP contribution in [-0.4, -0.2) is 49.3 Å². The largest absolute Gasteiger partial charge is 0.480 e. The Kier molecular flexibility index (Phi) is 4.18. The van der Waals surface area contributed by atoms with Gasteiger partial charge in [0.1, 0.15) is 0 Å². The van der Waals surface area contributed by atoms with Gasteiger partial charge in [0, 0.05) is 13.7 Å². The van der Waals surface area contributed by atoms with Crippen LogP contribution < -0.4 is 0 Å². The third-order valence-electron chi connectivity index (χ3n) is 2.36. The second-order valence-corrected chi connectivity index (χ2v) is 3.59. The summed E-state index contributed by atoms with van der Waals surface area (Å²) in [5, 5.41) is 8.61. The highest BCUT2D eigenvalue weighted by molar-refractivity contribution is 5.69. The fourth-order valence-corrected chi connectivity index (χ4v) is 1.86. The van der Waals surface area contributed by atoms with Gasteiger partial charge < -0.3 is 9.84 Å². The molecule has 0 aromatic rings. The minimum atomic E-state index is -0.738. The molecule has 1 unspecified atom stereocenters. The molecule has 0 aromatic heterocycles. The number of carboxylic acids is 1. The average molecular weight is 187 g/mol. The number of hydrogen-bond acceptors (Lipinski definition) is 3. The minimum Gasteiger partial charge on any atom is -0.480 e. The number of carboxylic acid groups (broad SMARTS) is 1. The number of piperidine rings is 1. The highest BCUT2D eigenvalue weighted by Crippen LogP contribution is 2.15. The molecule has 1 heterocycles. The molecule has 0 saturated carbocycles. The minimum absolute atomic E-state index is 0.167. The van der Waals surface area contributed by atoms with Crippen LogP contribution in [0.5, 0.6) is 0 Å². The average Bonchev–Trinajstić information content (AvgIpc) is 2.04. The highest BCUT2D eigenvalue weighted by Gasteiger charge is 2.20. The van der Waals surface area contributed by atoms with Gasteiger partial charge in [0.2, 0.25) is 0 Å². The zero-order valence-electron chi connectivity index (χ0n) is 8.03. The van der Waals surface area contributed by atoms with E-state index in [0.29, 0.717) is 5.92 Å². The molecule has 1 saturated heterocycles. The second kappa shape index (κ2) is 5.19. The molecule has 0 aliphatic carbocycles. The third kappa shape index (κ3) is 3.74. The van der Waals surface area contributed by atoms with E-state index in [2.05, 4.69) is 0 Å². The monoisotopic (exact) mass is 187 g/mol. The molecule has 0 bridgehead atoms. The second-order valence-electron chi connectivity index (χ2n) is 3.59. The van der Waals surface area contributed by atoms with Crippen molar-refractivity contribution in [2.45, 2.75) is 12.8 Å². The number of nitrogens with zero attached hydrogens (tertiary/aromatic N) is 1. The molecule has 4 heteroatoms. The van der Waals surface area contributed by atoms with Crippen LogP contribution in [0.15, 0.2) is 0 Å². The number of aliphatic carboxylic acids is 1. The van der Waals surface area contributed by atoms with E-state index in [0.717, 1.165) is 32.5 Å². The molecule has 1 N–H and O–H groups in total. The molecular formula is C9H17NO3. The Bertz CT molecular complexity index is 170. The molecular weight excluding hydrogens is 170 g/mol. The van der Waals surface area contributed by atoms with Gasteiger partial charge in [-0.1, -0.05) is 0 Å². The summed E-state index contributed by atoms with van der Waals surface area (Å²) < 4.78 is 5.06. The summed E-state index contributed by atoms with van der Waals surface area (Å²) in [6.45, 7) is 2.68. The van der Waals surface area contributed by atoms with Gasteiger partial charge in [-0.3, -0.25) is 9.69 Å². The first-order valence-electron chi connectivity index (χ1n) is 4.65. The Morgan fingerprint density at radius 1 is 1.69 bits per heavy atom. The zero-order valence-corrected chi connectivity index (χ0v) is 8.03. The van der Waals surface area contributed by atoms with Crippen LogP contribution in [0.4, 0.5) is 0 Å². The van der Waals surface area contributed by atoms with Crippen molar-refractivity contribution in [1.82, 2.24) is 4.90 Å². The SMILES string of the molecule is COCC1CCCN(CC(=O)O)C1. The van der Waals surface area contributed by atoms with Gasteiger partial charge in [0.05, 0.1) is 13.2 Å². The Labute approximate surface area is 78.5 Å². The molecule has 0 amide bonds. The van der Waals surface area contributed by atoms with E-state index < -0.39 is 5.97 Å². The number of hydrogen-bond donors (Lipinski definition) is 1. The molecule has 0 aromatic carbocycles. The normalized spacial score (nSPS) is 24.5. The molecule has 4 nitrogen and oxygen atoms in total. The molecule has 76 valence electrons. The van der Waals surface area contributed by atoms with E-state index in [4.69, 9.17) is 9.84 Å². The third-order valence-corrected chi connectivity index (χ3v) is 2.36. The summed E-state index contributed by atoms with van der Waals surface area (Å²) in [6.07, 6.45) is 2.24. The molecule has 1 rings (SSSR count). The van der Waals surface area contributed by atoms with Gasteiger partial charge in [0.15, 0.2) is 0 Å². The standard InChI is InChI=1S/C9H17NO3/c1-13-7-8-3-2-4-10(5-8)6-9(11)12/h8H,2-7H2,1H3,(H,11,12). The van der Waals surface area contributed by atoms with E-state index in [1.165, 1.54) is 0 Å². The number of ether oxygens (including phenoxy) is 1. The van der Waals surface area contributed by atoms with Crippen molar-refractivity contribution >= 4 is 5.97 Å².